The van der Waals surface area contributed by atoms with E-state index in [-0.39, 0.29) is 11.6 Å². The molecule has 0 saturated carbocycles. The monoisotopic (exact) mass is 466 g/mol. The molecule has 9 nitrogen and oxygen atoms in total. The van der Waals surface area contributed by atoms with Crippen LogP contribution in [0.1, 0.15) is 24.2 Å². The van der Waals surface area contributed by atoms with Gasteiger partial charge in [-0.3, -0.25) is 4.98 Å². The molecule has 10 heteroatoms. The molecule has 0 amide bonds. The van der Waals surface area contributed by atoms with Crippen LogP contribution in [0.2, 0.25) is 0 Å². The third-order valence-electron chi connectivity index (χ3n) is 5.66. The summed E-state index contributed by atoms with van der Waals surface area (Å²) in [6.07, 6.45) is 4.48. The van der Waals surface area contributed by atoms with Crippen LogP contribution in [0.15, 0.2) is 61.2 Å². The number of nitrogens with two attached hydrogens (primary N) is 1. The van der Waals surface area contributed by atoms with Gasteiger partial charge in [0.05, 0.1) is 54.0 Å². The zero-order valence-corrected chi connectivity index (χ0v) is 18.8. The third-order valence-corrected chi connectivity index (χ3v) is 5.66. The first-order valence-electron chi connectivity index (χ1n) is 10.6. The molecule has 1 unspecified atom stereocenters. The Morgan fingerprint density at radius 2 is 1.97 bits per heavy atom. The standard InChI is InChI=1S/C25H19FN8O/c1-14(20-11-29-12-21(32-20)18-5-3-4-6-19(18)26)34-25-22(24(28)30-13-31-25)23(33-34)16-7-15(10-27)8-17(9-16)35-2/h3-9,11-14H,1-2H3,(H2,28,30,31). The van der Waals surface area contributed by atoms with Gasteiger partial charge in [0, 0.05) is 11.1 Å². The summed E-state index contributed by atoms with van der Waals surface area (Å²) in [5.74, 6) is 0.370. The lowest BCUT2D eigenvalue weighted by Crippen LogP contribution is -2.12. The SMILES string of the molecule is COc1cc(C#N)cc(-c2nn(C(C)c3cncc(-c4ccccc4F)n3)c3ncnc(N)c23)c1. The molecule has 3 heterocycles. The van der Waals surface area contributed by atoms with Gasteiger partial charge in [-0.1, -0.05) is 12.1 Å². The fourth-order valence-corrected chi connectivity index (χ4v) is 3.89. The molecule has 0 saturated heterocycles. The number of hydrogen-bond donors (Lipinski definition) is 1. The van der Waals surface area contributed by atoms with Crippen LogP contribution in [0.25, 0.3) is 33.5 Å². The number of anilines is 1. The number of nitrogen functional groups attached to an aromatic ring is 1. The summed E-state index contributed by atoms with van der Waals surface area (Å²) in [5.41, 5.74) is 9.58. The average molecular weight is 466 g/mol. The van der Waals surface area contributed by atoms with Crippen LogP contribution < -0.4 is 10.5 Å². The molecule has 0 aliphatic carbocycles. The number of hydrogen-bond acceptors (Lipinski definition) is 8. The van der Waals surface area contributed by atoms with Crippen molar-refractivity contribution in [3.63, 3.8) is 0 Å². The summed E-state index contributed by atoms with van der Waals surface area (Å²) in [4.78, 5) is 17.5. The Morgan fingerprint density at radius 1 is 1.14 bits per heavy atom. The number of fused-ring (bicyclic) bond motifs is 1. The van der Waals surface area contributed by atoms with E-state index < -0.39 is 6.04 Å². The summed E-state index contributed by atoms with van der Waals surface area (Å²) in [7, 11) is 1.53. The quantitative estimate of drug-likeness (QED) is 0.409. The molecule has 0 aliphatic rings. The Morgan fingerprint density at radius 3 is 2.74 bits per heavy atom. The van der Waals surface area contributed by atoms with Crippen molar-refractivity contribution in [3.05, 3.63) is 78.3 Å². The van der Waals surface area contributed by atoms with Crippen LogP contribution in [0.5, 0.6) is 5.75 Å². The predicted octanol–water partition coefficient (Wildman–Crippen LogP) is 4.16. The summed E-state index contributed by atoms with van der Waals surface area (Å²) in [6, 6.07) is 13.2. The molecule has 5 rings (SSSR count). The smallest absolute Gasteiger partial charge is 0.164 e. The van der Waals surface area contributed by atoms with Crippen molar-refractivity contribution in [1.82, 2.24) is 29.7 Å². The van der Waals surface area contributed by atoms with Crippen molar-refractivity contribution in [3.8, 4) is 34.3 Å². The Bertz CT molecular complexity index is 1610. The lowest BCUT2D eigenvalue weighted by atomic mass is 10.1. The molecule has 0 bridgehead atoms. The van der Waals surface area contributed by atoms with Crippen molar-refractivity contribution in [2.45, 2.75) is 13.0 Å². The highest BCUT2D eigenvalue weighted by Crippen LogP contribution is 2.35. The molecule has 35 heavy (non-hydrogen) atoms. The minimum atomic E-state index is -0.430. The normalized spacial score (nSPS) is 11.8. The van der Waals surface area contributed by atoms with Gasteiger partial charge in [-0.05, 0) is 37.3 Å². The van der Waals surface area contributed by atoms with Gasteiger partial charge < -0.3 is 10.5 Å². The first kappa shape index (κ1) is 21.9. The van der Waals surface area contributed by atoms with E-state index in [1.165, 1.54) is 25.7 Å². The van der Waals surface area contributed by atoms with Gasteiger partial charge in [0.25, 0.3) is 0 Å². The second-order valence-corrected chi connectivity index (χ2v) is 7.80. The average Bonchev–Trinajstić information content (AvgIpc) is 3.29. The molecular formula is C25H19FN8O. The van der Waals surface area contributed by atoms with Crippen molar-refractivity contribution in [2.75, 3.05) is 12.8 Å². The van der Waals surface area contributed by atoms with E-state index in [0.29, 0.717) is 50.6 Å². The van der Waals surface area contributed by atoms with E-state index in [9.17, 15) is 9.65 Å². The van der Waals surface area contributed by atoms with Gasteiger partial charge in [0.15, 0.2) is 5.65 Å². The van der Waals surface area contributed by atoms with Gasteiger partial charge in [-0.15, -0.1) is 0 Å². The maximum Gasteiger partial charge on any atom is 0.164 e. The minimum Gasteiger partial charge on any atom is -0.497 e. The summed E-state index contributed by atoms with van der Waals surface area (Å²) in [6.45, 7) is 1.88. The second-order valence-electron chi connectivity index (χ2n) is 7.80. The zero-order chi connectivity index (χ0) is 24.5. The van der Waals surface area contributed by atoms with E-state index in [4.69, 9.17) is 15.6 Å². The third kappa shape index (κ3) is 3.89. The number of aromatic nitrogens is 6. The van der Waals surface area contributed by atoms with Crippen molar-refractivity contribution in [1.29, 1.82) is 5.26 Å². The van der Waals surface area contributed by atoms with Gasteiger partial charge in [-0.2, -0.15) is 10.4 Å². The molecule has 1 atom stereocenters. The number of rotatable bonds is 5. The number of nitriles is 1. The van der Waals surface area contributed by atoms with Crippen LogP contribution in [0.4, 0.5) is 10.2 Å². The Kier molecular flexibility index (Phi) is 5.51. The van der Waals surface area contributed by atoms with Crippen molar-refractivity contribution in [2.24, 2.45) is 0 Å². The summed E-state index contributed by atoms with van der Waals surface area (Å²) in [5, 5.41) is 14.8. The van der Waals surface area contributed by atoms with Crippen molar-refractivity contribution < 1.29 is 9.13 Å². The first-order chi connectivity index (χ1) is 17.0. The van der Waals surface area contributed by atoms with Gasteiger partial charge >= 0.3 is 0 Å². The highest BCUT2D eigenvalue weighted by atomic mass is 19.1. The lowest BCUT2D eigenvalue weighted by molar-refractivity contribution is 0.415. The van der Waals surface area contributed by atoms with Gasteiger partial charge in [0.1, 0.15) is 29.4 Å². The summed E-state index contributed by atoms with van der Waals surface area (Å²) < 4.78 is 21.4. The zero-order valence-electron chi connectivity index (χ0n) is 18.8. The highest BCUT2D eigenvalue weighted by molar-refractivity contribution is 5.98. The maximum atomic E-state index is 14.3. The molecular weight excluding hydrogens is 447 g/mol. The van der Waals surface area contributed by atoms with Crippen LogP contribution in [-0.2, 0) is 0 Å². The number of methoxy groups -OCH3 is 1. The highest BCUT2D eigenvalue weighted by Gasteiger charge is 2.23. The molecule has 0 spiro atoms. The fraction of sp³-hybridized carbons (Fsp3) is 0.120. The maximum absolute atomic E-state index is 14.3. The van der Waals surface area contributed by atoms with E-state index in [0.717, 1.165) is 0 Å². The number of halogens is 1. The van der Waals surface area contributed by atoms with Gasteiger partial charge in [0.2, 0.25) is 0 Å². The van der Waals surface area contributed by atoms with Crippen LogP contribution in [0.3, 0.4) is 0 Å². The molecule has 0 radical (unpaired) electrons. The fourth-order valence-electron chi connectivity index (χ4n) is 3.89. The molecule has 2 aromatic carbocycles. The van der Waals surface area contributed by atoms with E-state index in [2.05, 4.69) is 26.0 Å². The van der Waals surface area contributed by atoms with E-state index in [1.54, 1.807) is 47.3 Å². The lowest BCUT2D eigenvalue weighted by Gasteiger charge is -2.13. The van der Waals surface area contributed by atoms with E-state index >= 15 is 0 Å². The van der Waals surface area contributed by atoms with Crippen LogP contribution in [0, 0.1) is 17.1 Å². The van der Waals surface area contributed by atoms with E-state index in [1.807, 2.05) is 6.92 Å². The van der Waals surface area contributed by atoms with Crippen LogP contribution in [-0.4, -0.2) is 36.8 Å². The number of nitrogens with zero attached hydrogens (tertiary/aromatic N) is 7. The minimum absolute atomic E-state index is 0.246. The molecule has 172 valence electrons. The Hall–Kier alpha value is -4.91. The van der Waals surface area contributed by atoms with Gasteiger partial charge in [-0.25, -0.2) is 24.0 Å². The Balaban J connectivity index is 1.67. The van der Waals surface area contributed by atoms with Crippen molar-refractivity contribution >= 4 is 16.9 Å². The van der Waals surface area contributed by atoms with Crippen LogP contribution >= 0.6 is 0 Å². The second kappa shape index (κ2) is 8.79. The molecule has 0 aliphatic heterocycles. The predicted molar refractivity (Wildman–Crippen MR) is 128 cm³/mol. The molecule has 3 aromatic heterocycles. The molecule has 0 fully saturated rings. The molecule has 2 N–H and O–H groups in total. The topological polar surface area (TPSA) is 128 Å². The largest absolute Gasteiger partial charge is 0.497 e. The Labute approximate surface area is 199 Å². The summed E-state index contributed by atoms with van der Waals surface area (Å²) >= 11 is 0. The number of benzene rings is 2. The molecule has 5 aromatic rings. The number of ether oxygens (including phenoxy) is 1. The first-order valence-corrected chi connectivity index (χ1v) is 10.6.